The van der Waals surface area contributed by atoms with Crippen molar-refractivity contribution < 1.29 is 9.53 Å². The van der Waals surface area contributed by atoms with Crippen molar-refractivity contribution in [2.45, 2.75) is 13.0 Å². The number of ether oxygens (including phenoxy) is 1. The smallest absolute Gasteiger partial charge is 0.226 e. The first-order chi connectivity index (χ1) is 12.6. The molecule has 0 saturated carbocycles. The number of carbonyl (C=O) groups is 1. The van der Waals surface area contributed by atoms with Gasteiger partial charge in [0.2, 0.25) is 5.91 Å². The monoisotopic (exact) mass is 406 g/mol. The van der Waals surface area contributed by atoms with E-state index >= 15 is 0 Å². The zero-order valence-corrected chi connectivity index (χ0v) is 16.3. The molecular formula is C19H16Cl2N2O2S. The van der Waals surface area contributed by atoms with Crippen LogP contribution in [0.1, 0.15) is 11.3 Å². The Kier molecular flexibility index (Phi) is 6.14. The molecule has 1 heterocycles. The molecule has 4 nitrogen and oxygen atoms in total. The van der Waals surface area contributed by atoms with Crippen LogP contribution in [0.3, 0.4) is 0 Å². The zero-order chi connectivity index (χ0) is 18.5. The van der Waals surface area contributed by atoms with E-state index in [2.05, 4.69) is 10.3 Å². The van der Waals surface area contributed by atoms with Crippen molar-refractivity contribution in [3.63, 3.8) is 0 Å². The van der Waals surface area contributed by atoms with Crippen LogP contribution in [0.4, 0.5) is 0 Å². The predicted octanol–water partition coefficient (Wildman–Crippen LogP) is 4.98. The number of carbonyl (C=O) groups excluding carboxylic acids is 1. The lowest BCUT2D eigenvalue weighted by Gasteiger charge is -2.11. The summed E-state index contributed by atoms with van der Waals surface area (Å²) in [5, 5.41) is 6.72. The molecule has 2 aromatic carbocycles. The molecule has 7 heteroatoms. The summed E-state index contributed by atoms with van der Waals surface area (Å²) in [5.74, 6) is 0.510. The fourth-order valence-electron chi connectivity index (χ4n) is 2.46. The van der Waals surface area contributed by atoms with Crippen LogP contribution in [0.25, 0.3) is 10.6 Å². The lowest BCUT2D eigenvalue weighted by Crippen LogP contribution is -2.25. The van der Waals surface area contributed by atoms with Crippen molar-refractivity contribution in [2.75, 3.05) is 7.11 Å². The molecule has 1 amide bonds. The van der Waals surface area contributed by atoms with Gasteiger partial charge >= 0.3 is 0 Å². The highest BCUT2D eigenvalue weighted by molar-refractivity contribution is 7.13. The molecule has 0 bridgehead atoms. The Bertz CT molecular complexity index is 927. The number of hydrogen-bond donors (Lipinski definition) is 1. The van der Waals surface area contributed by atoms with Gasteiger partial charge in [-0.15, -0.1) is 11.3 Å². The van der Waals surface area contributed by atoms with E-state index in [0.717, 1.165) is 16.1 Å². The van der Waals surface area contributed by atoms with Crippen molar-refractivity contribution >= 4 is 40.4 Å². The van der Waals surface area contributed by atoms with Crippen LogP contribution in [0, 0.1) is 0 Å². The molecule has 0 aliphatic carbocycles. The fourth-order valence-corrected chi connectivity index (χ4v) is 3.83. The number of aromatic nitrogens is 1. The van der Waals surface area contributed by atoms with Gasteiger partial charge in [-0.2, -0.15) is 0 Å². The van der Waals surface area contributed by atoms with E-state index in [1.807, 2.05) is 35.7 Å². The van der Waals surface area contributed by atoms with Gasteiger partial charge in [-0.25, -0.2) is 4.98 Å². The number of rotatable bonds is 6. The molecule has 0 fully saturated rings. The minimum absolute atomic E-state index is 0.136. The molecule has 1 N–H and O–H groups in total. The van der Waals surface area contributed by atoms with E-state index in [0.29, 0.717) is 28.0 Å². The minimum atomic E-state index is -0.136. The summed E-state index contributed by atoms with van der Waals surface area (Å²) in [6.45, 7) is 0.295. The molecule has 3 aromatic rings. The summed E-state index contributed by atoms with van der Waals surface area (Å²) in [6, 6.07) is 12.9. The van der Waals surface area contributed by atoms with Gasteiger partial charge in [0, 0.05) is 28.1 Å². The van der Waals surface area contributed by atoms with Crippen LogP contribution >= 0.6 is 34.5 Å². The second-order valence-corrected chi connectivity index (χ2v) is 7.17. The van der Waals surface area contributed by atoms with Crippen molar-refractivity contribution in [1.29, 1.82) is 0 Å². The van der Waals surface area contributed by atoms with Gasteiger partial charge in [0.25, 0.3) is 0 Å². The number of nitrogens with one attached hydrogen (secondary N) is 1. The number of benzene rings is 2. The van der Waals surface area contributed by atoms with E-state index < -0.39 is 0 Å². The largest absolute Gasteiger partial charge is 0.496 e. The summed E-state index contributed by atoms with van der Waals surface area (Å²) in [6.07, 6.45) is 0.188. The molecule has 0 unspecified atom stereocenters. The average molecular weight is 407 g/mol. The Morgan fingerprint density at radius 3 is 2.69 bits per heavy atom. The third kappa shape index (κ3) is 4.36. The number of amides is 1. The van der Waals surface area contributed by atoms with Gasteiger partial charge < -0.3 is 10.1 Å². The van der Waals surface area contributed by atoms with E-state index in [1.165, 1.54) is 11.3 Å². The summed E-state index contributed by atoms with van der Waals surface area (Å²) >= 11 is 13.8. The molecule has 3 rings (SSSR count). The molecule has 0 spiro atoms. The first-order valence-corrected chi connectivity index (χ1v) is 9.49. The maximum absolute atomic E-state index is 12.3. The van der Waals surface area contributed by atoms with E-state index in [4.69, 9.17) is 27.9 Å². The molecule has 0 atom stereocenters. The molecule has 134 valence electrons. The molecule has 0 aliphatic heterocycles. The standard InChI is InChI=1S/C19H16Cl2N2O2S/c1-25-17-8-4-7-16(21)14(17)10-22-18(24)9-12-11-26-19(23-12)13-5-2-3-6-15(13)20/h2-8,11H,9-10H2,1H3,(H,22,24). The normalized spacial score (nSPS) is 10.6. The fraction of sp³-hybridized carbons (Fsp3) is 0.158. The topological polar surface area (TPSA) is 51.2 Å². The first kappa shape index (κ1) is 18.7. The van der Waals surface area contributed by atoms with Crippen molar-refractivity contribution in [2.24, 2.45) is 0 Å². The number of nitrogens with zero attached hydrogens (tertiary/aromatic N) is 1. The molecule has 0 saturated heterocycles. The van der Waals surface area contributed by atoms with Crippen molar-refractivity contribution in [1.82, 2.24) is 10.3 Å². The maximum atomic E-state index is 12.3. The Labute approximate surface area is 165 Å². The van der Waals surface area contributed by atoms with Crippen LogP contribution < -0.4 is 10.1 Å². The van der Waals surface area contributed by atoms with Crippen LogP contribution in [-0.2, 0) is 17.8 Å². The first-order valence-electron chi connectivity index (χ1n) is 7.86. The molecule has 0 radical (unpaired) electrons. The summed E-state index contributed by atoms with van der Waals surface area (Å²) in [5.41, 5.74) is 2.32. The second-order valence-electron chi connectivity index (χ2n) is 5.50. The third-order valence-corrected chi connectivity index (χ3v) is 5.36. The summed E-state index contributed by atoms with van der Waals surface area (Å²) in [4.78, 5) is 16.8. The van der Waals surface area contributed by atoms with Crippen LogP contribution in [0.2, 0.25) is 10.0 Å². The number of hydrogen-bond acceptors (Lipinski definition) is 4. The molecule has 0 aliphatic rings. The van der Waals surface area contributed by atoms with Gasteiger partial charge in [-0.1, -0.05) is 47.5 Å². The SMILES string of the molecule is COc1cccc(Cl)c1CNC(=O)Cc1csc(-c2ccccc2Cl)n1. The quantitative estimate of drug-likeness (QED) is 0.627. The summed E-state index contributed by atoms with van der Waals surface area (Å²) in [7, 11) is 1.57. The third-order valence-electron chi connectivity index (χ3n) is 3.76. The highest BCUT2D eigenvalue weighted by Gasteiger charge is 2.13. The number of thiazole rings is 1. The highest BCUT2D eigenvalue weighted by Crippen LogP contribution is 2.30. The van der Waals surface area contributed by atoms with E-state index in [1.54, 1.807) is 19.2 Å². The maximum Gasteiger partial charge on any atom is 0.226 e. The number of methoxy groups -OCH3 is 1. The zero-order valence-electron chi connectivity index (χ0n) is 14.0. The average Bonchev–Trinajstić information content (AvgIpc) is 3.09. The lowest BCUT2D eigenvalue weighted by atomic mass is 10.2. The van der Waals surface area contributed by atoms with Crippen molar-refractivity contribution in [3.05, 3.63) is 69.1 Å². The summed E-state index contributed by atoms with van der Waals surface area (Å²) < 4.78 is 5.28. The van der Waals surface area contributed by atoms with Gasteiger partial charge in [-0.3, -0.25) is 4.79 Å². The Morgan fingerprint density at radius 2 is 1.92 bits per heavy atom. The second kappa shape index (κ2) is 8.54. The van der Waals surface area contributed by atoms with Gasteiger partial charge in [0.05, 0.1) is 24.2 Å². The van der Waals surface area contributed by atoms with Crippen molar-refractivity contribution in [3.8, 4) is 16.3 Å². The molecular weight excluding hydrogens is 391 g/mol. The van der Waals surface area contributed by atoms with Crippen LogP contribution in [0.5, 0.6) is 5.75 Å². The van der Waals surface area contributed by atoms with Crippen LogP contribution in [0.15, 0.2) is 47.8 Å². The van der Waals surface area contributed by atoms with E-state index in [-0.39, 0.29) is 12.3 Å². The van der Waals surface area contributed by atoms with Gasteiger partial charge in [0.15, 0.2) is 0 Å². The van der Waals surface area contributed by atoms with Gasteiger partial charge in [-0.05, 0) is 18.2 Å². The highest BCUT2D eigenvalue weighted by atomic mass is 35.5. The lowest BCUT2D eigenvalue weighted by molar-refractivity contribution is -0.120. The minimum Gasteiger partial charge on any atom is -0.496 e. The Morgan fingerprint density at radius 1 is 1.15 bits per heavy atom. The Hall–Kier alpha value is -2.08. The Balaban J connectivity index is 1.64. The van der Waals surface area contributed by atoms with E-state index in [9.17, 15) is 4.79 Å². The predicted molar refractivity (Wildman–Crippen MR) is 106 cm³/mol. The number of halogens is 2. The van der Waals surface area contributed by atoms with Crippen LogP contribution in [-0.4, -0.2) is 18.0 Å². The molecule has 26 heavy (non-hydrogen) atoms. The van der Waals surface area contributed by atoms with Gasteiger partial charge in [0.1, 0.15) is 10.8 Å². The molecule has 1 aromatic heterocycles.